The fourth-order valence-corrected chi connectivity index (χ4v) is 4.12. The summed E-state index contributed by atoms with van der Waals surface area (Å²) in [6.45, 7) is 9.82. The fraction of sp³-hybridized carbons (Fsp3) is 0.632. The van der Waals surface area contributed by atoms with Crippen LogP contribution in [-0.2, 0) is 13.0 Å². The molecule has 5 nitrogen and oxygen atoms in total. The van der Waals surface area contributed by atoms with E-state index in [1.165, 1.54) is 12.0 Å². The molecule has 2 aliphatic rings. The predicted molar refractivity (Wildman–Crippen MR) is 95.0 cm³/mol. The summed E-state index contributed by atoms with van der Waals surface area (Å²) in [5.41, 5.74) is 2.28. The van der Waals surface area contributed by atoms with Gasteiger partial charge in [0.2, 0.25) is 0 Å². The fourth-order valence-electron chi connectivity index (χ4n) is 4.12. The Hall–Kier alpha value is -1.75. The van der Waals surface area contributed by atoms with Gasteiger partial charge in [-0.2, -0.15) is 0 Å². The molecule has 0 bridgehead atoms. The van der Waals surface area contributed by atoms with Gasteiger partial charge in [-0.1, -0.05) is 19.9 Å². The topological polar surface area (TPSA) is 55.8 Å². The number of carbonyl (C=O) groups is 1. The summed E-state index contributed by atoms with van der Waals surface area (Å²) in [5, 5.41) is 12.7. The monoisotopic (exact) mass is 331 g/mol. The van der Waals surface area contributed by atoms with Crippen molar-refractivity contribution in [2.75, 3.05) is 32.7 Å². The number of phenols is 1. The van der Waals surface area contributed by atoms with Crippen LogP contribution in [0.2, 0.25) is 0 Å². The summed E-state index contributed by atoms with van der Waals surface area (Å²) in [7, 11) is 0. The summed E-state index contributed by atoms with van der Waals surface area (Å²) in [6.07, 6.45) is 2.16. The molecule has 2 aliphatic heterocycles. The maximum Gasteiger partial charge on any atom is 0.317 e. The highest BCUT2D eigenvalue weighted by atomic mass is 16.3. The summed E-state index contributed by atoms with van der Waals surface area (Å²) >= 11 is 0. The molecule has 2 atom stereocenters. The number of rotatable bonds is 3. The number of urea groups is 1. The quantitative estimate of drug-likeness (QED) is 0.894. The number of likely N-dealkylation sites (tertiary alicyclic amines) is 1. The first-order valence-corrected chi connectivity index (χ1v) is 9.07. The summed E-state index contributed by atoms with van der Waals surface area (Å²) in [4.78, 5) is 16.7. The van der Waals surface area contributed by atoms with Gasteiger partial charge < -0.3 is 20.2 Å². The molecule has 24 heavy (non-hydrogen) atoms. The van der Waals surface area contributed by atoms with E-state index in [0.717, 1.165) is 50.0 Å². The van der Waals surface area contributed by atoms with Crippen LogP contribution in [0, 0.1) is 11.8 Å². The summed E-state index contributed by atoms with van der Waals surface area (Å²) in [6, 6.07) is 5.45. The number of hydrogen-bond acceptors (Lipinski definition) is 3. The van der Waals surface area contributed by atoms with Crippen molar-refractivity contribution in [3.63, 3.8) is 0 Å². The van der Waals surface area contributed by atoms with Gasteiger partial charge in [0.1, 0.15) is 5.75 Å². The molecule has 1 aromatic rings. The Morgan fingerprint density at radius 1 is 1.25 bits per heavy atom. The molecule has 0 spiro atoms. The first-order valence-electron chi connectivity index (χ1n) is 9.07. The van der Waals surface area contributed by atoms with Crippen molar-refractivity contribution >= 4 is 6.03 Å². The van der Waals surface area contributed by atoms with Crippen LogP contribution < -0.4 is 5.32 Å². The molecule has 5 heteroatoms. The highest BCUT2D eigenvalue weighted by Crippen LogP contribution is 2.23. The number of phenolic OH excluding ortho intramolecular Hbond substituents is 1. The average molecular weight is 331 g/mol. The van der Waals surface area contributed by atoms with Gasteiger partial charge in [0.05, 0.1) is 0 Å². The number of amides is 2. The zero-order chi connectivity index (χ0) is 17.1. The standard InChI is InChI=1S/C19H29N3O2/c1-14-9-15(2)12-21(11-14)8-6-20-19(24)22-7-5-16-3-4-18(23)10-17(16)13-22/h3-4,10,14-15,23H,5-9,11-13H2,1-2H3,(H,20,24)/t14-,15-/m1/s1. The predicted octanol–water partition coefficient (Wildman–Crippen LogP) is 2.44. The highest BCUT2D eigenvalue weighted by molar-refractivity contribution is 5.74. The molecule has 2 N–H and O–H groups in total. The molecule has 0 aromatic heterocycles. The second-order valence-electron chi connectivity index (χ2n) is 7.56. The van der Waals surface area contributed by atoms with Crippen LogP contribution in [0.15, 0.2) is 18.2 Å². The minimum atomic E-state index is 0.00194. The van der Waals surface area contributed by atoms with Gasteiger partial charge in [0, 0.05) is 39.3 Å². The van der Waals surface area contributed by atoms with E-state index in [0.29, 0.717) is 13.1 Å². The van der Waals surface area contributed by atoms with Crippen molar-refractivity contribution in [1.29, 1.82) is 0 Å². The number of nitrogens with zero attached hydrogens (tertiary/aromatic N) is 2. The highest BCUT2D eigenvalue weighted by Gasteiger charge is 2.23. The first kappa shape index (κ1) is 17.1. The third kappa shape index (κ3) is 4.20. The van der Waals surface area contributed by atoms with Gasteiger partial charge in [0.15, 0.2) is 0 Å². The van der Waals surface area contributed by atoms with Gasteiger partial charge in [-0.25, -0.2) is 4.79 Å². The molecule has 1 fully saturated rings. The molecule has 1 aromatic carbocycles. The Morgan fingerprint density at radius 3 is 2.75 bits per heavy atom. The second-order valence-corrected chi connectivity index (χ2v) is 7.56. The van der Waals surface area contributed by atoms with E-state index in [1.54, 1.807) is 12.1 Å². The average Bonchev–Trinajstić information content (AvgIpc) is 2.53. The number of carbonyl (C=O) groups excluding carboxylic acids is 1. The number of nitrogens with one attached hydrogen (secondary N) is 1. The van der Waals surface area contributed by atoms with Gasteiger partial charge in [-0.05, 0) is 47.9 Å². The van der Waals surface area contributed by atoms with Gasteiger partial charge >= 0.3 is 6.03 Å². The Morgan fingerprint density at radius 2 is 2.00 bits per heavy atom. The molecule has 132 valence electrons. The molecular weight excluding hydrogens is 302 g/mol. The van der Waals surface area contributed by atoms with Gasteiger partial charge in [0.25, 0.3) is 0 Å². The minimum Gasteiger partial charge on any atom is -0.508 e. The number of piperidine rings is 1. The normalized spacial score (nSPS) is 24.5. The van der Waals surface area contributed by atoms with Crippen molar-refractivity contribution in [1.82, 2.24) is 15.1 Å². The van der Waals surface area contributed by atoms with E-state index >= 15 is 0 Å². The van der Waals surface area contributed by atoms with Crippen LogP contribution in [0.1, 0.15) is 31.4 Å². The largest absolute Gasteiger partial charge is 0.508 e. The van der Waals surface area contributed by atoms with Crippen LogP contribution in [0.25, 0.3) is 0 Å². The Balaban J connectivity index is 1.46. The van der Waals surface area contributed by atoms with E-state index in [-0.39, 0.29) is 11.8 Å². The lowest BCUT2D eigenvalue weighted by molar-refractivity contribution is 0.140. The van der Waals surface area contributed by atoms with Gasteiger partial charge in [-0.15, -0.1) is 0 Å². The second kappa shape index (κ2) is 7.43. The van der Waals surface area contributed by atoms with Crippen molar-refractivity contribution in [3.05, 3.63) is 29.3 Å². The van der Waals surface area contributed by atoms with Crippen LogP contribution in [0.5, 0.6) is 5.75 Å². The van der Waals surface area contributed by atoms with Crippen LogP contribution >= 0.6 is 0 Å². The molecule has 0 unspecified atom stereocenters. The zero-order valence-corrected chi connectivity index (χ0v) is 14.8. The van der Waals surface area contributed by atoms with Crippen molar-refractivity contribution in [2.24, 2.45) is 11.8 Å². The number of fused-ring (bicyclic) bond motifs is 1. The SMILES string of the molecule is C[C@@H]1C[C@@H](C)CN(CCNC(=O)N2CCc3ccc(O)cc3C2)C1. The Bertz CT molecular complexity index is 580. The molecular formula is C19H29N3O2. The number of hydrogen-bond donors (Lipinski definition) is 2. The Kier molecular flexibility index (Phi) is 5.29. The van der Waals surface area contributed by atoms with E-state index in [1.807, 2.05) is 11.0 Å². The number of aromatic hydroxyl groups is 1. The summed E-state index contributed by atoms with van der Waals surface area (Å²) < 4.78 is 0. The van der Waals surface area contributed by atoms with Crippen molar-refractivity contribution < 1.29 is 9.90 Å². The minimum absolute atomic E-state index is 0.00194. The zero-order valence-electron chi connectivity index (χ0n) is 14.8. The van der Waals surface area contributed by atoms with Crippen LogP contribution in [0.3, 0.4) is 0 Å². The van der Waals surface area contributed by atoms with E-state index in [2.05, 4.69) is 24.1 Å². The van der Waals surface area contributed by atoms with Crippen molar-refractivity contribution in [3.8, 4) is 5.75 Å². The summed E-state index contributed by atoms with van der Waals surface area (Å²) in [5.74, 6) is 1.76. The molecule has 0 aliphatic carbocycles. The van der Waals surface area contributed by atoms with E-state index < -0.39 is 0 Å². The van der Waals surface area contributed by atoms with Crippen LogP contribution in [-0.4, -0.2) is 53.7 Å². The third-order valence-electron chi connectivity index (χ3n) is 5.14. The lowest BCUT2D eigenvalue weighted by Crippen LogP contribution is -2.47. The molecule has 3 rings (SSSR count). The molecule has 2 heterocycles. The first-order chi connectivity index (χ1) is 11.5. The maximum atomic E-state index is 12.4. The smallest absolute Gasteiger partial charge is 0.317 e. The third-order valence-corrected chi connectivity index (χ3v) is 5.14. The lowest BCUT2D eigenvalue weighted by atomic mass is 9.92. The Labute approximate surface area is 144 Å². The number of benzene rings is 1. The van der Waals surface area contributed by atoms with Crippen LogP contribution in [0.4, 0.5) is 4.79 Å². The van der Waals surface area contributed by atoms with Gasteiger partial charge in [-0.3, -0.25) is 0 Å². The van der Waals surface area contributed by atoms with E-state index in [4.69, 9.17) is 0 Å². The lowest BCUT2D eigenvalue weighted by Gasteiger charge is -2.35. The molecule has 0 radical (unpaired) electrons. The van der Waals surface area contributed by atoms with Crippen molar-refractivity contribution in [2.45, 2.75) is 33.2 Å². The molecule has 2 amide bonds. The van der Waals surface area contributed by atoms with E-state index in [9.17, 15) is 9.90 Å². The molecule has 1 saturated heterocycles. The maximum absolute atomic E-state index is 12.4. The molecule has 0 saturated carbocycles.